The molecule has 1 aliphatic heterocycles. The second-order valence-corrected chi connectivity index (χ2v) is 6.20. The number of benzene rings is 2. The van der Waals surface area contributed by atoms with E-state index in [1.165, 1.54) is 0 Å². The number of ether oxygens (including phenoxy) is 1. The van der Waals surface area contributed by atoms with Crippen LogP contribution in [0, 0.1) is 0 Å². The summed E-state index contributed by atoms with van der Waals surface area (Å²) in [7, 11) is 1.66. The standard InChI is InChI=1S/C20H20N2O2/c1-24-16-10-8-14(9-11-16)19-7-4-12-22(19)20(23)18-13-15-5-2-3-6-17(15)21-18/h2-3,5-6,8-11,13,19,21H,4,7,12H2,1H3/t19-/m1/s1. The zero-order valence-electron chi connectivity index (χ0n) is 13.7. The molecule has 1 aliphatic rings. The van der Waals surface area contributed by atoms with Gasteiger partial charge in [-0.2, -0.15) is 0 Å². The van der Waals surface area contributed by atoms with Crippen LogP contribution in [-0.2, 0) is 0 Å². The Morgan fingerprint density at radius 2 is 1.96 bits per heavy atom. The number of fused-ring (bicyclic) bond motifs is 1. The molecule has 2 aromatic carbocycles. The second-order valence-electron chi connectivity index (χ2n) is 6.20. The Labute approximate surface area is 141 Å². The molecule has 0 aliphatic carbocycles. The van der Waals surface area contributed by atoms with Crippen LogP contribution < -0.4 is 4.74 Å². The predicted octanol–water partition coefficient (Wildman–Crippen LogP) is 4.15. The van der Waals surface area contributed by atoms with E-state index in [9.17, 15) is 4.79 Å². The number of nitrogens with zero attached hydrogens (tertiary/aromatic N) is 1. The van der Waals surface area contributed by atoms with E-state index < -0.39 is 0 Å². The van der Waals surface area contributed by atoms with Gasteiger partial charge in [-0.3, -0.25) is 4.79 Å². The van der Waals surface area contributed by atoms with Crippen molar-refractivity contribution in [3.63, 3.8) is 0 Å². The van der Waals surface area contributed by atoms with E-state index in [1.807, 2.05) is 47.4 Å². The molecule has 4 heteroatoms. The molecule has 0 radical (unpaired) electrons. The molecule has 1 N–H and O–H groups in total. The summed E-state index contributed by atoms with van der Waals surface area (Å²) in [6.07, 6.45) is 2.03. The molecule has 1 fully saturated rings. The van der Waals surface area contributed by atoms with Gasteiger partial charge in [0.15, 0.2) is 0 Å². The van der Waals surface area contributed by atoms with Crippen LogP contribution in [0.2, 0.25) is 0 Å². The molecule has 24 heavy (non-hydrogen) atoms. The highest BCUT2D eigenvalue weighted by molar-refractivity contribution is 5.98. The Balaban J connectivity index is 1.62. The van der Waals surface area contributed by atoms with Gasteiger partial charge >= 0.3 is 0 Å². The minimum Gasteiger partial charge on any atom is -0.497 e. The lowest BCUT2D eigenvalue weighted by Gasteiger charge is -2.24. The van der Waals surface area contributed by atoms with E-state index in [1.54, 1.807) is 7.11 Å². The summed E-state index contributed by atoms with van der Waals surface area (Å²) in [6, 6.07) is 18.1. The molecule has 0 unspecified atom stereocenters. The van der Waals surface area contributed by atoms with Gasteiger partial charge in [0.1, 0.15) is 11.4 Å². The van der Waals surface area contributed by atoms with Crippen LogP contribution in [0.5, 0.6) is 5.75 Å². The SMILES string of the molecule is COc1ccc([C@H]2CCCN2C(=O)c2cc3ccccc3[nH]2)cc1. The molecule has 0 saturated carbocycles. The molecule has 3 aromatic rings. The molecule has 1 atom stereocenters. The van der Waals surface area contributed by atoms with Crippen LogP contribution in [-0.4, -0.2) is 29.4 Å². The topological polar surface area (TPSA) is 45.3 Å². The molecule has 2 heterocycles. The Morgan fingerprint density at radius 1 is 1.17 bits per heavy atom. The fraction of sp³-hybridized carbons (Fsp3) is 0.250. The third kappa shape index (κ3) is 2.54. The largest absolute Gasteiger partial charge is 0.497 e. The first-order valence-electron chi connectivity index (χ1n) is 8.29. The number of likely N-dealkylation sites (tertiary alicyclic amines) is 1. The van der Waals surface area contributed by atoms with Crippen molar-refractivity contribution in [2.75, 3.05) is 13.7 Å². The molecule has 1 saturated heterocycles. The first kappa shape index (κ1) is 14.8. The van der Waals surface area contributed by atoms with Crippen LogP contribution in [0.1, 0.15) is 34.9 Å². The monoisotopic (exact) mass is 320 g/mol. The minimum atomic E-state index is 0.0736. The number of carbonyl (C=O) groups is 1. The van der Waals surface area contributed by atoms with Crippen molar-refractivity contribution in [3.8, 4) is 5.75 Å². The number of methoxy groups -OCH3 is 1. The van der Waals surface area contributed by atoms with Crippen molar-refractivity contribution < 1.29 is 9.53 Å². The fourth-order valence-electron chi connectivity index (χ4n) is 3.53. The van der Waals surface area contributed by atoms with Gasteiger partial charge < -0.3 is 14.6 Å². The summed E-state index contributed by atoms with van der Waals surface area (Å²) in [5, 5.41) is 1.07. The summed E-state index contributed by atoms with van der Waals surface area (Å²) >= 11 is 0. The summed E-state index contributed by atoms with van der Waals surface area (Å²) in [6.45, 7) is 0.797. The van der Waals surface area contributed by atoms with Crippen molar-refractivity contribution in [1.82, 2.24) is 9.88 Å². The van der Waals surface area contributed by atoms with Crippen LogP contribution in [0.4, 0.5) is 0 Å². The molecular formula is C20H20N2O2. The molecule has 0 bridgehead atoms. The van der Waals surface area contributed by atoms with Gasteiger partial charge in [0.2, 0.25) is 0 Å². The van der Waals surface area contributed by atoms with E-state index in [0.717, 1.165) is 41.6 Å². The van der Waals surface area contributed by atoms with Crippen LogP contribution in [0.15, 0.2) is 54.6 Å². The van der Waals surface area contributed by atoms with Crippen LogP contribution in [0.25, 0.3) is 10.9 Å². The van der Waals surface area contributed by atoms with E-state index in [0.29, 0.717) is 5.69 Å². The molecule has 122 valence electrons. The van der Waals surface area contributed by atoms with E-state index in [2.05, 4.69) is 17.1 Å². The van der Waals surface area contributed by atoms with Crippen molar-refractivity contribution in [3.05, 3.63) is 65.9 Å². The van der Waals surface area contributed by atoms with Crippen molar-refractivity contribution >= 4 is 16.8 Å². The van der Waals surface area contributed by atoms with Gasteiger partial charge in [-0.25, -0.2) is 0 Å². The number of H-pyrrole nitrogens is 1. The van der Waals surface area contributed by atoms with Crippen LogP contribution >= 0.6 is 0 Å². The highest BCUT2D eigenvalue weighted by atomic mass is 16.5. The van der Waals surface area contributed by atoms with E-state index >= 15 is 0 Å². The molecule has 1 aromatic heterocycles. The highest BCUT2D eigenvalue weighted by Crippen LogP contribution is 2.34. The molecule has 4 nitrogen and oxygen atoms in total. The average molecular weight is 320 g/mol. The number of aromatic amines is 1. The average Bonchev–Trinajstić information content (AvgIpc) is 3.28. The van der Waals surface area contributed by atoms with Crippen molar-refractivity contribution in [2.45, 2.75) is 18.9 Å². The molecular weight excluding hydrogens is 300 g/mol. The first-order chi connectivity index (χ1) is 11.8. The Kier molecular flexibility index (Phi) is 3.73. The number of para-hydroxylation sites is 1. The summed E-state index contributed by atoms with van der Waals surface area (Å²) in [4.78, 5) is 18.2. The predicted molar refractivity (Wildman–Crippen MR) is 94.3 cm³/mol. The van der Waals surface area contributed by atoms with Gasteiger partial charge in [0.05, 0.1) is 13.2 Å². The number of nitrogens with one attached hydrogen (secondary N) is 1. The third-order valence-corrected chi connectivity index (χ3v) is 4.77. The van der Waals surface area contributed by atoms with Crippen LogP contribution in [0.3, 0.4) is 0 Å². The lowest BCUT2D eigenvalue weighted by atomic mass is 10.0. The molecule has 4 rings (SSSR count). The maximum absolute atomic E-state index is 13.0. The summed E-state index contributed by atoms with van der Waals surface area (Å²) in [5.74, 6) is 0.912. The second kappa shape index (κ2) is 6.04. The zero-order valence-corrected chi connectivity index (χ0v) is 13.7. The third-order valence-electron chi connectivity index (χ3n) is 4.77. The van der Waals surface area contributed by atoms with Crippen molar-refractivity contribution in [2.24, 2.45) is 0 Å². The smallest absolute Gasteiger partial charge is 0.270 e. The summed E-state index contributed by atoms with van der Waals surface area (Å²) in [5.41, 5.74) is 2.83. The summed E-state index contributed by atoms with van der Waals surface area (Å²) < 4.78 is 5.22. The maximum Gasteiger partial charge on any atom is 0.270 e. The number of hydrogen-bond donors (Lipinski definition) is 1. The number of carbonyl (C=O) groups excluding carboxylic acids is 1. The van der Waals surface area contributed by atoms with Gasteiger partial charge in [0, 0.05) is 17.4 Å². The Morgan fingerprint density at radius 3 is 2.71 bits per heavy atom. The lowest BCUT2D eigenvalue weighted by Crippen LogP contribution is -2.30. The minimum absolute atomic E-state index is 0.0736. The Bertz CT molecular complexity index is 834. The number of aromatic nitrogens is 1. The highest BCUT2D eigenvalue weighted by Gasteiger charge is 2.31. The number of rotatable bonds is 3. The van der Waals surface area contributed by atoms with Gasteiger partial charge in [-0.05, 0) is 42.7 Å². The van der Waals surface area contributed by atoms with Gasteiger partial charge in [0.25, 0.3) is 5.91 Å². The maximum atomic E-state index is 13.0. The lowest BCUT2D eigenvalue weighted by molar-refractivity contribution is 0.0730. The van der Waals surface area contributed by atoms with Gasteiger partial charge in [-0.1, -0.05) is 30.3 Å². The van der Waals surface area contributed by atoms with Crippen molar-refractivity contribution in [1.29, 1.82) is 0 Å². The number of hydrogen-bond acceptors (Lipinski definition) is 2. The Hall–Kier alpha value is -2.75. The van der Waals surface area contributed by atoms with E-state index in [4.69, 9.17) is 4.74 Å². The van der Waals surface area contributed by atoms with E-state index in [-0.39, 0.29) is 11.9 Å². The molecule has 1 amide bonds. The normalized spacial score (nSPS) is 17.4. The number of amides is 1. The van der Waals surface area contributed by atoms with Gasteiger partial charge in [-0.15, -0.1) is 0 Å². The first-order valence-corrected chi connectivity index (χ1v) is 8.29. The quantitative estimate of drug-likeness (QED) is 0.788. The molecule has 0 spiro atoms. The zero-order chi connectivity index (χ0) is 16.5. The fourth-order valence-corrected chi connectivity index (χ4v) is 3.53.